The lowest BCUT2D eigenvalue weighted by molar-refractivity contribution is 0.0616. The number of nitrogens with zero attached hydrogens (tertiary/aromatic N) is 2. The van der Waals surface area contributed by atoms with Crippen LogP contribution < -0.4 is 11.0 Å². The van der Waals surface area contributed by atoms with E-state index in [-0.39, 0.29) is 24.1 Å². The number of thiazole rings is 1. The molecule has 2 N–H and O–H groups in total. The number of amides is 1. The van der Waals surface area contributed by atoms with Gasteiger partial charge < -0.3 is 4.98 Å². The minimum atomic E-state index is -0.432. The Morgan fingerprint density at radius 1 is 1.38 bits per heavy atom. The second kappa shape index (κ2) is 7.35. The molecule has 0 fully saturated rings. The summed E-state index contributed by atoms with van der Waals surface area (Å²) < 4.78 is 13.5. The zero-order chi connectivity index (χ0) is 18.8. The number of carbonyl (C=O) groups excluding carboxylic acids is 1. The van der Waals surface area contributed by atoms with Crippen LogP contribution in [0.2, 0.25) is 0 Å². The zero-order valence-electron chi connectivity index (χ0n) is 14.7. The maximum Gasteiger partial charge on any atom is 0.280 e. The van der Waals surface area contributed by atoms with Crippen LogP contribution in [0.4, 0.5) is 4.39 Å². The van der Waals surface area contributed by atoms with Crippen molar-refractivity contribution in [2.75, 3.05) is 0 Å². The van der Waals surface area contributed by atoms with Gasteiger partial charge in [0.05, 0.1) is 23.3 Å². The monoisotopic (exact) mass is 374 g/mol. The fraction of sp³-hybridized carbons (Fsp3) is 0.278. The number of aryl methyl sites for hydroxylation is 1. The molecule has 0 unspecified atom stereocenters. The second-order valence-corrected chi connectivity index (χ2v) is 7.15. The number of aromatic amines is 1. The van der Waals surface area contributed by atoms with Gasteiger partial charge in [-0.2, -0.15) is 0 Å². The Morgan fingerprint density at radius 2 is 2.15 bits per heavy atom. The van der Waals surface area contributed by atoms with Gasteiger partial charge in [0.25, 0.3) is 5.91 Å². The van der Waals surface area contributed by atoms with Crippen LogP contribution in [-0.2, 0) is 6.54 Å². The number of H-pyrrole nitrogens is 1. The largest absolute Gasteiger partial charge is 0.322 e. The highest BCUT2D eigenvalue weighted by Crippen LogP contribution is 2.20. The van der Waals surface area contributed by atoms with Crippen LogP contribution in [0, 0.1) is 12.7 Å². The van der Waals surface area contributed by atoms with Crippen molar-refractivity contribution in [3.63, 3.8) is 0 Å². The maximum absolute atomic E-state index is 13.5. The Morgan fingerprint density at radius 3 is 2.81 bits per heavy atom. The fourth-order valence-electron chi connectivity index (χ4n) is 2.72. The SMILES string of the molecule is Cc1ncsc1C(=O)N(Cc1cc(=O)[nH]c2cc(F)ccc12)NC(C)C. The van der Waals surface area contributed by atoms with Crippen molar-refractivity contribution in [2.24, 2.45) is 0 Å². The number of carbonyl (C=O) groups is 1. The summed E-state index contributed by atoms with van der Waals surface area (Å²) in [5.41, 5.74) is 6.09. The third-order valence-electron chi connectivity index (χ3n) is 3.82. The molecule has 0 saturated heterocycles. The summed E-state index contributed by atoms with van der Waals surface area (Å²) in [6.45, 7) is 5.79. The minimum Gasteiger partial charge on any atom is -0.322 e. The average molecular weight is 374 g/mol. The molecule has 0 aliphatic rings. The normalized spacial score (nSPS) is 11.3. The molecule has 1 amide bonds. The van der Waals surface area contributed by atoms with E-state index in [1.165, 1.54) is 34.5 Å². The van der Waals surface area contributed by atoms with E-state index in [1.807, 2.05) is 13.8 Å². The molecule has 8 heteroatoms. The lowest BCUT2D eigenvalue weighted by Crippen LogP contribution is -2.45. The molecule has 3 aromatic rings. The highest BCUT2D eigenvalue weighted by molar-refractivity contribution is 7.11. The molecule has 2 heterocycles. The Bertz CT molecular complexity index is 1010. The van der Waals surface area contributed by atoms with E-state index in [0.29, 0.717) is 27.0 Å². The predicted octanol–water partition coefficient (Wildman–Crippen LogP) is 2.99. The van der Waals surface area contributed by atoms with Crippen molar-refractivity contribution in [3.8, 4) is 0 Å². The van der Waals surface area contributed by atoms with E-state index >= 15 is 0 Å². The first-order valence-corrected chi connectivity index (χ1v) is 9.02. The van der Waals surface area contributed by atoms with E-state index in [9.17, 15) is 14.0 Å². The fourth-order valence-corrected chi connectivity index (χ4v) is 3.47. The van der Waals surface area contributed by atoms with E-state index < -0.39 is 5.82 Å². The number of hydrogen-bond donors (Lipinski definition) is 2. The van der Waals surface area contributed by atoms with Crippen LogP contribution >= 0.6 is 11.3 Å². The summed E-state index contributed by atoms with van der Waals surface area (Å²) in [5.74, 6) is -0.645. The molecule has 0 atom stereocenters. The lowest BCUT2D eigenvalue weighted by atomic mass is 10.1. The Hall–Kier alpha value is -2.58. The van der Waals surface area contributed by atoms with Gasteiger partial charge in [-0.15, -0.1) is 11.3 Å². The standard InChI is InChI=1S/C18H19FN4O2S/c1-10(2)22-23(18(25)17-11(3)20-9-26-17)8-12-6-16(24)21-15-7-13(19)4-5-14(12)15/h4-7,9-10,22H,8H2,1-3H3,(H,21,24). The van der Waals surface area contributed by atoms with Gasteiger partial charge in [0, 0.05) is 17.5 Å². The van der Waals surface area contributed by atoms with Crippen LogP contribution in [0.15, 0.2) is 34.6 Å². The van der Waals surface area contributed by atoms with Gasteiger partial charge in [0.1, 0.15) is 10.7 Å². The number of hydrogen-bond acceptors (Lipinski definition) is 5. The van der Waals surface area contributed by atoms with Gasteiger partial charge in [-0.25, -0.2) is 14.8 Å². The van der Waals surface area contributed by atoms with Gasteiger partial charge in [0.15, 0.2) is 0 Å². The van der Waals surface area contributed by atoms with Crippen molar-refractivity contribution in [3.05, 3.63) is 62.1 Å². The van der Waals surface area contributed by atoms with Crippen LogP contribution in [0.25, 0.3) is 10.9 Å². The molecule has 0 aliphatic heterocycles. The van der Waals surface area contributed by atoms with Gasteiger partial charge in [-0.3, -0.25) is 14.6 Å². The molecule has 136 valence electrons. The summed E-state index contributed by atoms with van der Waals surface area (Å²) in [6.07, 6.45) is 0. The molecule has 0 spiro atoms. The summed E-state index contributed by atoms with van der Waals surface area (Å²) in [7, 11) is 0. The average Bonchev–Trinajstić information content (AvgIpc) is 2.98. The van der Waals surface area contributed by atoms with Gasteiger partial charge in [-0.05, 0) is 44.5 Å². The van der Waals surface area contributed by atoms with Crippen molar-refractivity contribution in [1.82, 2.24) is 20.4 Å². The van der Waals surface area contributed by atoms with E-state index in [1.54, 1.807) is 18.5 Å². The number of pyridine rings is 1. The number of benzene rings is 1. The maximum atomic E-state index is 13.5. The van der Waals surface area contributed by atoms with Crippen LogP contribution in [-0.4, -0.2) is 26.9 Å². The van der Waals surface area contributed by atoms with Gasteiger partial charge in [0.2, 0.25) is 5.56 Å². The second-order valence-electron chi connectivity index (χ2n) is 6.29. The topological polar surface area (TPSA) is 78.1 Å². The Kier molecular flexibility index (Phi) is 5.15. The van der Waals surface area contributed by atoms with Gasteiger partial charge >= 0.3 is 0 Å². The smallest absolute Gasteiger partial charge is 0.280 e. The summed E-state index contributed by atoms with van der Waals surface area (Å²) >= 11 is 1.27. The highest BCUT2D eigenvalue weighted by Gasteiger charge is 2.22. The highest BCUT2D eigenvalue weighted by atomic mass is 32.1. The molecule has 0 saturated carbocycles. The van der Waals surface area contributed by atoms with Crippen LogP contribution in [0.5, 0.6) is 0 Å². The first-order chi connectivity index (χ1) is 12.3. The number of nitrogens with one attached hydrogen (secondary N) is 2. The van der Waals surface area contributed by atoms with Crippen molar-refractivity contribution in [2.45, 2.75) is 33.4 Å². The van der Waals surface area contributed by atoms with Crippen molar-refractivity contribution < 1.29 is 9.18 Å². The quantitative estimate of drug-likeness (QED) is 0.673. The molecule has 3 rings (SSSR count). The summed E-state index contributed by atoms with van der Waals surface area (Å²) in [4.78, 5) is 32.2. The third-order valence-corrected chi connectivity index (χ3v) is 4.73. The van der Waals surface area contributed by atoms with Crippen LogP contribution in [0.1, 0.15) is 34.8 Å². The third kappa shape index (κ3) is 3.81. The zero-order valence-corrected chi connectivity index (χ0v) is 15.5. The molecule has 6 nitrogen and oxygen atoms in total. The molecular formula is C18H19FN4O2S. The molecule has 2 aromatic heterocycles. The minimum absolute atomic E-state index is 0.0119. The molecule has 1 aromatic carbocycles. The number of rotatable bonds is 5. The molecule has 0 radical (unpaired) electrons. The van der Waals surface area contributed by atoms with E-state index in [4.69, 9.17) is 0 Å². The summed E-state index contributed by atoms with van der Waals surface area (Å²) in [5, 5.41) is 2.17. The number of fused-ring (bicyclic) bond motifs is 1. The number of aromatic nitrogens is 2. The Balaban J connectivity index is 2.02. The van der Waals surface area contributed by atoms with E-state index in [2.05, 4.69) is 15.4 Å². The molecular weight excluding hydrogens is 355 g/mol. The first kappa shape index (κ1) is 18.2. The first-order valence-electron chi connectivity index (χ1n) is 8.14. The van der Waals surface area contributed by atoms with Gasteiger partial charge in [-0.1, -0.05) is 0 Å². The summed E-state index contributed by atoms with van der Waals surface area (Å²) in [6, 6.07) is 5.65. The number of hydrazine groups is 1. The van der Waals surface area contributed by atoms with E-state index in [0.717, 1.165) is 0 Å². The van der Waals surface area contributed by atoms with Crippen molar-refractivity contribution in [1.29, 1.82) is 0 Å². The van der Waals surface area contributed by atoms with Crippen molar-refractivity contribution >= 4 is 28.1 Å². The molecule has 0 aliphatic carbocycles. The molecule has 0 bridgehead atoms. The Labute approximate surface area is 153 Å². The number of halogens is 1. The predicted molar refractivity (Wildman–Crippen MR) is 99.5 cm³/mol. The molecule has 26 heavy (non-hydrogen) atoms. The lowest BCUT2D eigenvalue weighted by Gasteiger charge is -2.26. The van der Waals surface area contributed by atoms with Crippen LogP contribution in [0.3, 0.4) is 0 Å².